The molecule has 1 aliphatic rings. The van der Waals surface area contributed by atoms with Crippen LogP contribution in [0, 0.1) is 0 Å². The maximum absolute atomic E-state index is 9.40. The highest BCUT2D eigenvalue weighted by molar-refractivity contribution is 5.76. The van der Waals surface area contributed by atoms with Crippen LogP contribution < -0.4 is 0 Å². The third-order valence-electron chi connectivity index (χ3n) is 7.18. The maximum atomic E-state index is 9.40. The zero-order valence-corrected chi connectivity index (χ0v) is 21.3. The van der Waals surface area contributed by atoms with E-state index in [-0.39, 0.29) is 6.61 Å². The highest BCUT2D eigenvalue weighted by atomic mass is 16.3. The Morgan fingerprint density at radius 2 is 1.26 bits per heavy atom. The average Bonchev–Trinajstić information content (AvgIpc) is 3.18. The lowest BCUT2D eigenvalue weighted by molar-refractivity contribution is -0.835. The second-order valence-corrected chi connectivity index (χ2v) is 9.65. The maximum Gasteiger partial charge on any atom is 0.198 e. The summed E-state index contributed by atoms with van der Waals surface area (Å²) in [7, 11) is 0. The molecule has 1 aliphatic heterocycles. The van der Waals surface area contributed by atoms with E-state index in [0.717, 1.165) is 37.1 Å². The predicted octanol–water partition coefficient (Wildman–Crippen LogP) is 7.83. The van der Waals surface area contributed by atoms with Gasteiger partial charge in [0.05, 0.1) is 19.7 Å². The van der Waals surface area contributed by atoms with Crippen LogP contribution in [0.4, 0.5) is 0 Å². The fourth-order valence-corrected chi connectivity index (χ4v) is 5.02. The first-order valence-electron chi connectivity index (χ1n) is 13.9. The number of rotatable bonds is 22. The van der Waals surface area contributed by atoms with Crippen LogP contribution in [-0.4, -0.2) is 48.2 Å². The first-order valence-corrected chi connectivity index (χ1v) is 13.9. The molecule has 0 bridgehead atoms. The monoisotopic (exact) mass is 435 g/mol. The van der Waals surface area contributed by atoms with Crippen molar-refractivity contribution in [1.82, 2.24) is 0 Å². The second kappa shape index (κ2) is 20.0. The lowest BCUT2D eigenvalue weighted by atomic mass is 10.0. The Balaban J connectivity index is 1.82. The molecular weight excluding hydrogens is 380 g/mol. The molecule has 1 N–H and O–H groups in total. The smallest absolute Gasteiger partial charge is 0.198 e. The molecule has 1 rings (SSSR count). The minimum Gasteiger partial charge on any atom is -0.390 e. The molecule has 0 amide bonds. The van der Waals surface area contributed by atoms with Gasteiger partial charge in [0.1, 0.15) is 13.1 Å². The minimum atomic E-state index is 0.282. The molecule has 0 spiro atoms. The number of quaternary nitrogens is 1. The van der Waals surface area contributed by atoms with Gasteiger partial charge in [0.15, 0.2) is 5.84 Å². The van der Waals surface area contributed by atoms with Crippen LogP contribution in [0.2, 0.25) is 0 Å². The average molecular weight is 436 g/mol. The molecule has 1 unspecified atom stereocenters. The number of likely N-dealkylation sites (N-methyl/N-ethyl adjacent to an activating group) is 1. The SMILES string of the molecule is CC/C=C/CCCCCCCCCCCCCCCCCC1=NCC[N+]1(CC)CCO. The first-order chi connectivity index (χ1) is 15.3. The summed E-state index contributed by atoms with van der Waals surface area (Å²) in [6.07, 6.45) is 29.5. The highest BCUT2D eigenvalue weighted by Crippen LogP contribution is 2.20. The third-order valence-corrected chi connectivity index (χ3v) is 7.18. The van der Waals surface area contributed by atoms with Gasteiger partial charge >= 0.3 is 0 Å². The van der Waals surface area contributed by atoms with Gasteiger partial charge in [0, 0.05) is 6.42 Å². The molecule has 0 radical (unpaired) electrons. The summed E-state index contributed by atoms with van der Waals surface area (Å²) < 4.78 is 0.952. The van der Waals surface area contributed by atoms with Crippen LogP contribution in [-0.2, 0) is 0 Å². The van der Waals surface area contributed by atoms with Gasteiger partial charge in [-0.05, 0) is 32.6 Å². The molecule has 0 saturated heterocycles. The Bertz CT molecular complexity index is 460. The number of allylic oxidation sites excluding steroid dienone is 2. The Kier molecular flexibility index (Phi) is 18.3. The van der Waals surface area contributed by atoms with Gasteiger partial charge in [-0.3, -0.25) is 4.48 Å². The predicted molar refractivity (Wildman–Crippen MR) is 138 cm³/mol. The number of unbranched alkanes of at least 4 members (excludes halogenated alkanes) is 15. The van der Waals surface area contributed by atoms with Gasteiger partial charge in [-0.2, -0.15) is 0 Å². The minimum absolute atomic E-state index is 0.282. The number of amidine groups is 1. The normalized spacial score (nSPS) is 18.9. The van der Waals surface area contributed by atoms with E-state index < -0.39 is 0 Å². The van der Waals surface area contributed by atoms with Crippen molar-refractivity contribution in [2.75, 3.05) is 32.8 Å². The summed E-state index contributed by atoms with van der Waals surface area (Å²) in [5, 5.41) is 9.40. The lowest BCUT2D eigenvalue weighted by Gasteiger charge is -2.33. The highest BCUT2D eigenvalue weighted by Gasteiger charge is 2.35. The number of nitrogens with zero attached hydrogens (tertiary/aromatic N) is 2. The largest absolute Gasteiger partial charge is 0.390 e. The van der Waals surface area contributed by atoms with Crippen LogP contribution in [0.15, 0.2) is 17.1 Å². The van der Waals surface area contributed by atoms with Crippen LogP contribution in [0.5, 0.6) is 0 Å². The summed E-state index contributed by atoms with van der Waals surface area (Å²) >= 11 is 0. The van der Waals surface area contributed by atoms with Crippen molar-refractivity contribution in [3.8, 4) is 0 Å². The zero-order chi connectivity index (χ0) is 22.5. The fraction of sp³-hybridized carbons (Fsp3) is 0.893. The van der Waals surface area contributed by atoms with Gasteiger partial charge in [-0.25, -0.2) is 4.99 Å². The fourth-order valence-electron chi connectivity index (χ4n) is 5.02. The Morgan fingerprint density at radius 3 is 1.74 bits per heavy atom. The van der Waals surface area contributed by atoms with E-state index in [1.54, 1.807) is 0 Å². The molecule has 3 nitrogen and oxygen atoms in total. The molecule has 0 aromatic rings. The summed E-state index contributed by atoms with van der Waals surface area (Å²) in [6, 6.07) is 0. The van der Waals surface area contributed by atoms with E-state index in [1.807, 2.05) is 0 Å². The van der Waals surface area contributed by atoms with Crippen molar-refractivity contribution < 1.29 is 9.59 Å². The molecule has 3 heteroatoms. The van der Waals surface area contributed by atoms with Gasteiger partial charge in [0.25, 0.3) is 0 Å². The van der Waals surface area contributed by atoms with E-state index in [2.05, 4.69) is 26.0 Å². The number of aliphatic hydroxyl groups excluding tert-OH is 1. The van der Waals surface area contributed by atoms with E-state index in [1.165, 1.54) is 115 Å². The Morgan fingerprint density at radius 1 is 0.742 bits per heavy atom. The Hall–Kier alpha value is -0.670. The molecule has 1 heterocycles. The van der Waals surface area contributed by atoms with Crippen molar-refractivity contribution in [2.45, 2.75) is 129 Å². The molecule has 182 valence electrons. The van der Waals surface area contributed by atoms with Crippen LogP contribution in [0.1, 0.15) is 129 Å². The molecule has 1 atom stereocenters. The first kappa shape index (κ1) is 28.4. The van der Waals surface area contributed by atoms with Gasteiger partial charge < -0.3 is 5.11 Å². The lowest BCUT2D eigenvalue weighted by Crippen LogP contribution is -2.52. The molecular formula is C28H55N2O+. The van der Waals surface area contributed by atoms with Gasteiger partial charge in [-0.15, -0.1) is 0 Å². The number of aliphatic imine (C=N–C) groups is 1. The molecule has 0 aromatic carbocycles. The second-order valence-electron chi connectivity index (χ2n) is 9.65. The standard InChI is InChI=1S/C28H55N2O/c1-3-5-6-7-8-9-10-11-12-13-14-15-16-17-18-19-20-21-22-23-28-29-24-25-30(28,4-2)26-27-31/h5-6,31H,3-4,7-27H2,1-2H3/q+1/b6-5+. The van der Waals surface area contributed by atoms with Crippen molar-refractivity contribution in [3.05, 3.63) is 12.2 Å². The van der Waals surface area contributed by atoms with Crippen molar-refractivity contribution in [1.29, 1.82) is 0 Å². The Labute approximate surface area is 195 Å². The molecule has 31 heavy (non-hydrogen) atoms. The number of aliphatic hydroxyl groups is 1. The summed E-state index contributed by atoms with van der Waals surface area (Å²) in [5.74, 6) is 1.36. The molecule has 0 fully saturated rings. The summed E-state index contributed by atoms with van der Waals surface area (Å²) in [5.41, 5.74) is 0. The summed E-state index contributed by atoms with van der Waals surface area (Å²) in [4.78, 5) is 4.77. The van der Waals surface area contributed by atoms with E-state index >= 15 is 0 Å². The zero-order valence-electron chi connectivity index (χ0n) is 21.3. The van der Waals surface area contributed by atoms with E-state index in [4.69, 9.17) is 4.99 Å². The number of hydrogen-bond acceptors (Lipinski definition) is 2. The quantitative estimate of drug-likeness (QED) is 0.105. The van der Waals surface area contributed by atoms with E-state index in [0.29, 0.717) is 0 Å². The number of hydrogen-bond donors (Lipinski definition) is 1. The molecule has 0 saturated carbocycles. The van der Waals surface area contributed by atoms with Crippen molar-refractivity contribution >= 4 is 5.84 Å². The third kappa shape index (κ3) is 13.5. The van der Waals surface area contributed by atoms with E-state index in [9.17, 15) is 5.11 Å². The van der Waals surface area contributed by atoms with Gasteiger partial charge in [-0.1, -0.05) is 103 Å². The molecule has 0 aliphatic carbocycles. The van der Waals surface area contributed by atoms with Crippen LogP contribution in [0.3, 0.4) is 0 Å². The summed E-state index contributed by atoms with van der Waals surface area (Å²) in [6.45, 7) is 8.73. The van der Waals surface area contributed by atoms with Crippen molar-refractivity contribution in [3.63, 3.8) is 0 Å². The van der Waals surface area contributed by atoms with Crippen LogP contribution in [0.25, 0.3) is 0 Å². The van der Waals surface area contributed by atoms with Crippen molar-refractivity contribution in [2.24, 2.45) is 4.99 Å². The molecule has 0 aromatic heterocycles. The topological polar surface area (TPSA) is 32.6 Å². The van der Waals surface area contributed by atoms with Gasteiger partial charge in [0.2, 0.25) is 0 Å². The van der Waals surface area contributed by atoms with Crippen LogP contribution >= 0.6 is 0 Å².